The van der Waals surface area contributed by atoms with Crippen molar-refractivity contribution < 1.29 is 13.6 Å². The van der Waals surface area contributed by atoms with Gasteiger partial charge in [-0.2, -0.15) is 0 Å². The molecule has 0 aliphatic heterocycles. The Morgan fingerprint density at radius 2 is 1.17 bits per heavy atom. The Labute approximate surface area is 148 Å². The van der Waals surface area contributed by atoms with E-state index in [0.717, 1.165) is 25.7 Å². The highest BCUT2D eigenvalue weighted by atomic mass is 31.2. The van der Waals surface area contributed by atoms with E-state index < -0.39 is 7.60 Å². The topological polar surface area (TPSA) is 35.5 Å². The van der Waals surface area contributed by atoms with Crippen molar-refractivity contribution in [3.8, 4) is 0 Å². The molecule has 0 fully saturated rings. The monoisotopic (exact) mass is 354 g/mol. The van der Waals surface area contributed by atoms with Gasteiger partial charge in [0.1, 0.15) is 0 Å². The summed E-state index contributed by atoms with van der Waals surface area (Å²) in [7, 11) is -3.18. The van der Waals surface area contributed by atoms with E-state index in [9.17, 15) is 4.57 Å². The standard InChI is InChI=1S/C20H35O3P/c1-3-5-7-9-10-15-19-23-24(21,20-16-12-11-13-17-20)22-18-14-8-6-4-2/h11-13,16-17H,3-10,14-15,18-19H2,1-2H3. The number of rotatable bonds is 15. The minimum Gasteiger partial charge on any atom is -0.305 e. The zero-order chi connectivity index (χ0) is 17.5. The minimum atomic E-state index is -3.18. The Hall–Kier alpha value is -0.630. The van der Waals surface area contributed by atoms with E-state index in [0.29, 0.717) is 18.5 Å². The zero-order valence-corrected chi connectivity index (χ0v) is 16.4. The first-order valence-corrected chi connectivity index (χ1v) is 11.2. The molecule has 0 N–H and O–H groups in total. The second-order valence-corrected chi connectivity index (χ2v) is 8.36. The molecule has 1 aromatic carbocycles. The first-order valence-electron chi connectivity index (χ1n) is 9.67. The normalized spacial score (nSPS) is 13.8. The molecule has 0 aromatic heterocycles. The molecule has 0 aliphatic carbocycles. The molecule has 0 amide bonds. The smallest absolute Gasteiger partial charge is 0.305 e. The molecule has 1 aromatic rings. The highest BCUT2D eigenvalue weighted by molar-refractivity contribution is 7.62. The molecule has 0 aliphatic rings. The van der Waals surface area contributed by atoms with Crippen LogP contribution in [0, 0.1) is 0 Å². The summed E-state index contributed by atoms with van der Waals surface area (Å²) in [6.07, 6.45) is 11.6. The van der Waals surface area contributed by atoms with Crippen LogP contribution in [0.15, 0.2) is 30.3 Å². The number of hydrogen-bond acceptors (Lipinski definition) is 3. The van der Waals surface area contributed by atoms with Crippen LogP contribution in [-0.4, -0.2) is 13.2 Å². The Bertz CT molecular complexity index is 447. The predicted octanol–water partition coefficient (Wildman–Crippen LogP) is 6.48. The maximum absolute atomic E-state index is 13.1. The molecule has 0 spiro atoms. The van der Waals surface area contributed by atoms with Gasteiger partial charge in [-0.3, -0.25) is 4.57 Å². The molecule has 0 saturated carbocycles. The van der Waals surface area contributed by atoms with Gasteiger partial charge in [0, 0.05) is 0 Å². The first kappa shape index (κ1) is 21.4. The molecule has 4 heteroatoms. The molecule has 1 atom stereocenters. The van der Waals surface area contributed by atoms with Gasteiger partial charge in [-0.15, -0.1) is 0 Å². The highest BCUT2D eigenvalue weighted by Crippen LogP contribution is 2.47. The van der Waals surface area contributed by atoms with Crippen LogP contribution in [0.2, 0.25) is 0 Å². The van der Waals surface area contributed by atoms with E-state index in [1.807, 2.05) is 30.3 Å². The van der Waals surface area contributed by atoms with Crippen LogP contribution < -0.4 is 5.30 Å². The third-order valence-corrected chi connectivity index (χ3v) is 6.07. The second-order valence-electron chi connectivity index (χ2n) is 6.33. The quantitative estimate of drug-likeness (QED) is 0.267. The molecule has 24 heavy (non-hydrogen) atoms. The van der Waals surface area contributed by atoms with Crippen molar-refractivity contribution in [3.05, 3.63) is 30.3 Å². The summed E-state index contributed by atoms with van der Waals surface area (Å²) in [5.41, 5.74) is 0. The van der Waals surface area contributed by atoms with Crippen LogP contribution in [0.5, 0.6) is 0 Å². The van der Waals surface area contributed by atoms with Gasteiger partial charge in [0.15, 0.2) is 0 Å². The molecular formula is C20H35O3P. The van der Waals surface area contributed by atoms with Crippen LogP contribution in [0.1, 0.15) is 78.1 Å². The maximum Gasteiger partial charge on any atom is 0.361 e. The molecule has 0 saturated heterocycles. The molecule has 3 nitrogen and oxygen atoms in total. The number of benzene rings is 1. The summed E-state index contributed by atoms with van der Waals surface area (Å²) in [6.45, 7) is 5.41. The van der Waals surface area contributed by atoms with Crippen molar-refractivity contribution in [2.24, 2.45) is 0 Å². The lowest BCUT2D eigenvalue weighted by molar-refractivity contribution is 0.206. The average Bonchev–Trinajstić information content (AvgIpc) is 2.61. The van der Waals surface area contributed by atoms with Gasteiger partial charge >= 0.3 is 7.60 Å². The van der Waals surface area contributed by atoms with E-state index in [1.165, 1.54) is 38.5 Å². The minimum absolute atomic E-state index is 0.503. The molecule has 138 valence electrons. The van der Waals surface area contributed by atoms with Crippen molar-refractivity contribution in [1.82, 2.24) is 0 Å². The van der Waals surface area contributed by atoms with E-state index in [2.05, 4.69) is 13.8 Å². The van der Waals surface area contributed by atoms with Crippen LogP contribution in [0.4, 0.5) is 0 Å². The SMILES string of the molecule is CCCCCCCCOP(=O)(OCCCCCC)c1ccccc1. The molecular weight excluding hydrogens is 319 g/mol. The fourth-order valence-electron chi connectivity index (χ4n) is 2.58. The molecule has 0 bridgehead atoms. The van der Waals surface area contributed by atoms with E-state index in [1.54, 1.807) is 0 Å². The fraction of sp³-hybridized carbons (Fsp3) is 0.700. The summed E-state index contributed by atoms with van der Waals surface area (Å²) in [4.78, 5) is 0. The summed E-state index contributed by atoms with van der Waals surface area (Å²) >= 11 is 0. The predicted molar refractivity (Wildman–Crippen MR) is 103 cm³/mol. The van der Waals surface area contributed by atoms with Crippen molar-refractivity contribution in [2.45, 2.75) is 78.1 Å². The third kappa shape index (κ3) is 9.01. The zero-order valence-electron chi connectivity index (χ0n) is 15.5. The van der Waals surface area contributed by atoms with Gasteiger partial charge in [-0.25, -0.2) is 0 Å². The van der Waals surface area contributed by atoms with Gasteiger partial charge in [0.2, 0.25) is 0 Å². The van der Waals surface area contributed by atoms with Crippen LogP contribution in [0.3, 0.4) is 0 Å². The van der Waals surface area contributed by atoms with Crippen molar-refractivity contribution >= 4 is 12.9 Å². The first-order chi connectivity index (χ1) is 11.7. The van der Waals surface area contributed by atoms with Gasteiger partial charge in [-0.05, 0) is 25.0 Å². The van der Waals surface area contributed by atoms with E-state index in [4.69, 9.17) is 9.05 Å². The lowest BCUT2D eigenvalue weighted by Crippen LogP contribution is -2.11. The summed E-state index contributed by atoms with van der Waals surface area (Å²) < 4.78 is 24.6. The molecule has 1 unspecified atom stereocenters. The molecule has 0 radical (unpaired) electrons. The van der Waals surface area contributed by atoms with E-state index >= 15 is 0 Å². The Balaban J connectivity index is 2.42. The van der Waals surface area contributed by atoms with Gasteiger partial charge in [0.05, 0.1) is 18.5 Å². The largest absolute Gasteiger partial charge is 0.361 e. The Kier molecular flexibility index (Phi) is 12.2. The lowest BCUT2D eigenvalue weighted by Gasteiger charge is -2.19. The molecule has 0 heterocycles. The van der Waals surface area contributed by atoms with Crippen LogP contribution >= 0.6 is 7.60 Å². The highest BCUT2D eigenvalue weighted by Gasteiger charge is 2.26. The van der Waals surface area contributed by atoms with Crippen molar-refractivity contribution in [2.75, 3.05) is 13.2 Å². The maximum atomic E-state index is 13.1. The fourth-order valence-corrected chi connectivity index (χ4v) is 4.23. The third-order valence-electron chi connectivity index (χ3n) is 4.09. The Morgan fingerprint density at radius 1 is 0.708 bits per heavy atom. The Morgan fingerprint density at radius 3 is 1.71 bits per heavy atom. The van der Waals surface area contributed by atoms with Crippen molar-refractivity contribution in [3.63, 3.8) is 0 Å². The lowest BCUT2D eigenvalue weighted by atomic mass is 10.1. The summed E-state index contributed by atoms with van der Waals surface area (Å²) in [5, 5.41) is 0.673. The summed E-state index contributed by atoms with van der Waals surface area (Å²) in [6, 6.07) is 9.37. The van der Waals surface area contributed by atoms with Crippen LogP contribution in [-0.2, 0) is 13.6 Å². The average molecular weight is 354 g/mol. The van der Waals surface area contributed by atoms with Crippen LogP contribution in [0.25, 0.3) is 0 Å². The van der Waals surface area contributed by atoms with Gasteiger partial charge in [-0.1, -0.05) is 83.4 Å². The summed E-state index contributed by atoms with van der Waals surface area (Å²) in [5.74, 6) is 0. The number of unbranched alkanes of at least 4 members (excludes halogenated alkanes) is 8. The van der Waals surface area contributed by atoms with Crippen molar-refractivity contribution in [1.29, 1.82) is 0 Å². The number of hydrogen-bond donors (Lipinski definition) is 0. The molecule has 1 rings (SSSR count). The second kappa shape index (κ2) is 13.6. The van der Waals surface area contributed by atoms with E-state index in [-0.39, 0.29) is 0 Å². The van der Waals surface area contributed by atoms with Gasteiger partial charge < -0.3 is 9.05 Å². The van der Waals surface area contributed by atoms with Gasteiger partial charge in [0.25, 0.3) is 0 Å².